The molecular formula is C12H24ClN3O3. The maximum Gasteiger partial charge on any atom is 0.248 e. The van der Waals surface area contributed by atoms with Gasteiger partial charge in [-0.25, -0.2) is 0 Å². The van der Waals surface area contributed by atoms with Crippen LogP contribution in [0.15, 0.2) is 0 Å². The number of rotatable bonds is 6. The molecule has 0 radical (unpaired) electrons. The van der Waals surface area contributed by atoms with Gasteiger partial charge < -0.3 is 20.7 Å². The fourth-order valence-electron chi connectivity index (χ4n) is 2.20. The molecule has 1 atom stereocenters. The number of carbonyl (C=O) groups is 2. The number of likely N-dealkylation sites (tertiary alicyclic amines) is 1. The van der Waals surface area contributed by atoms with Crippen molar-refractivity contribution in [1.29, 1.82) is 0 Å². The second-order valence-corrected chi connectivity index (χ2v) is 4.51. The number of ether oxygens (including phenoxy) is 1. The minimum Gasteiger partial charge on any atom is -0.375 e. The molecule has 7 heteroatoms. The van der Waals surface area contributed by atoms with Crippen LogP contribution in [-0.2, 0) is 14.3 Å². The molecular weight excluding hydrogens is 270 g/mol. The smallest absolute Gasteiger partial charge is 0.248 e. The lowest BCUT2D eigenvalue weighted by Crippen LogP contribution is -2.50. The average molecular weight is 294 g/mol. The van der Waals surface area contributed by atoms with Crippen molar-refractivity contribution in [3.8, 4) is 0 Å². The van der Waals surface area contributed by atoms with E-state index in [1.807, 2.05) is 4.90 Å². The molecule has 1 rings (SSSR count). The number of hydrogen-bond donors (Lipinski definition) is 2. The van der Waals surface area contributed by atoms with Crippen LogP contribution in [0.2, 0.25) is 0 Å². The maximum absolute atomic E-state index is 11.8. The number of halogens is 1. The van der Waals surface area contributed by atoms with Crippen molar-refractivity contribution in [2.45, 2.75) is 31.7 Å². The third-order valence-electron chi connectivity index (χ3n) is 3.12. The number of nitrogens with one attached hydrogen (secondary N) is 1. The molecule has 1 aliphatic rings. The Hall–Kier alpha value is -0.850. The topological polar surface area (TPSA) is 84.7 Å². The van der Waals surface area contributed by atoms with Crippen molar-refractivity contribution in [2.24, 2.45) is 5.73 Å². The maximum atomic E-state index is 11.8. The second kappa shape index (κ2) is 10.00. The Labute approximate surface area is 120 Å². The van der Waals surface area contributed by atoms with Crippen LogP contribution in [0.3, 0.4) is 0 Å². The molecule has 112 valence electrons. The van der Waals surface area contributed by atoms with E-state index >= 15 is 0 Å². The highest BCUT2D eigenvalue weighted by molar-refractivity contribution is 5.85. The molecule has 0 aromatic carbocycles. The van der Waals surface area contributed by atoms with E-state index in [2.05, 4.69) is 5.32 Å². The highest BCUT2D eigenvalue weighted by Crippen LogP contribution is 2.16. The summed E-state index contributed by atoms with van der Waals surface area (Å²) < 4.78 is 4.87. The normalized spacial score (nSPS) is 18.6. The number of piperidine rings is 1. The first-order chi connectivity index (χ1) is 8.69. The minimum absolute atomic E-state index is 0. The third-order valence-corrected chi connectivity index (χ3v) is 3.12. The van der Waals surface area contributed by atoms with Crippen molar-refractivity contribution in [3.05, 3.63) is 0 Å². The van der Waals surface area contributed by atoms with Gasteiger partial charge >= 0.3 is 0 Å². The van der Waals surface area contributed by atoms with Gasteiger partial charge in [-0.3, -0.25) is 9.59 Å². The van der Waals surface area contributed by atoms with E-state index < -0.39 is 0 Å². The minimum atomic E-state index is -0.0535. The fourth-order valence-corrected chi connectivity index (χ4v) is 2.20. The fraction of sp³-hybridized carbons (Fsp3) is 0.833. The van der Waals surface area contributed by atoms with Gasteiger partial charge in [-0.1, -0.05) is 0 Å². The van der Waals surface area contributed by atoms with Gasteiger partial charge in [-0.2, -0.15) is 0 Å². The first-order valence-electron chi connectivity index (χ1n) is 6.44. The molecule has 3 N–H and O–H groups in total. The van der Waals surface area contributed by atoms with E-state index in [9.17, 15) is 9.59 Å². The number of methoxy groups -OCH3 is 1. The van der Waals surface area contributed by atoms with Crippen LogP contribution in [0.25, 0.3) is 0 Å². The highest BCUT2D eigenvalue weighted by atomic mass is 35.5. The zero-order chi connectivity index (χ0) is 13.4. The summed E-state index contributed by atoms with van der Waals surface area (Å²) in [5.74, 6) is -0.0579. The Bertz CT molecular complexity index is 289. The van der Waals surface area contributed by atoms with Gasteiger partial charge in [0.2, 0.25) is 11.8 Å². The van der Waals surface area contributed by atoms with Crippen molar-refractivity contribution >= 4 is 24.2 Å². The molecule has 2 amide bonds. The zero-order valence-electron chi connectivity index (χ0n) is 11.4. The van der Waals surface area contributed by atoms with Crippen LogP contribution in [0.4, 0.5) is 0 Å². The van der Waals surface area contributed by atoms with Crippen LogP contribution in [0.1, 0.15) is 25.7 Å². The molecule has 1 fully saturated rings. The Kier molecular flexibility index (Phi) is 9.55. The number of hydrogen-bond acceptors (Lipinski definition) is 4. The quantitative estimate of drug-likeness (QED) is 0.716. The summed E-state index contributed by atoms with van der Waals surface area (Å²) in [6.07, 6.45) is 3.37. The number of amides is 2. The summed E-state index contributed by atoms with van der Waals surface area (Å²) in [5.41, 5.74) is 5.31. The number of carbonyl (C=O) groups excluding carboxylic acids is 2. The van der Waals surface area contributed by atoms with Gasteiger partial charge in [0.05, 0.1) is 0 Å². The van der Waals surface area contributed by atoms with Crippen LogP contribution in [-0.4, -0.2) is 56.1 Å². The van der Waals surface area contributed by atoms with E-state index in [1.165, 1.54) is 7.11 Å². The molecule has 6 nitrogen and oxygen atoms in total. The monoisotopic (exact) mass is 293 g/mol. The summed E-state index contributed by atoms with van der Waals surface area (Å²) in [4.78, 5) is 25.0. The van der Waals surface area contributed by atoms with Gasteiger partial charge in [0.1, 0.15) is 6.61 Å². The van der Waals surface area contributed by atoms with E-state index in [4.69, 9.17) is 10.5 Å². The predicted octanol–water partition coefficient (Wildman–Crippen LogP) is -0.0993. The Morgan fingerprint density at radius 2 is 2.16 bits per heavy atom. The van der Waals surface area contributed by atoms with Crippen LogP contribution in [0, 0.1) is 0 Å². The highest BCUT2D eigenvalue weighted by Gasteiger charge is 2.26. The van der Waals surface area contributed by atoms with E-state index in [0.29, 0.717) is 19.5 Å². The van der Waals surface area contributed by atoms with E-state index in [-0.39, 0.29) is 36.9 Å². The summed E-state index contributed by atoms with van der Waals surface area (Å²) in [7, 11) is 1.51. The van der Waals surface area contributed by atoms with Crippen LogP contribution in [0.5, 0.6) is 0 Å². The average Bonchev–Trinajstić information content (AvgIpc) is 2.37. The molecule has 1 unspecified atom stereocenters. The Balaban J connectivity index is 0.00000324. The lowest BCUT2D eigenvalue weighted by molar-refractivity contribution is -0.139. The third kappa shape index (κ3) is 6.22. The molecule has 1 heterocycles. The lowest BCUT2D eigenvalue weighted by Gasteiger charge is -2.35. The summed E-state index contributed by atoms with van der Waals surface area (Å²) in [5, 5.41) is 2.83. The molecule has 0 bridgehead atoms. The first kappa shape index (κ1) is 18.1. The van der Waals surface area contributed by atoms with Crippen molar-refractivity contribution < 1.29 is 14.3 Å². The van der Waals surface area contributed by atoms with Crippen molar-refractivity contribution in [3.63, 3.8) is 0 Å². The van der Waals surface area contributed by atoms with Gasteiger partial charge in [0.25, 0.3) is 0 Å². The zero-order valence-corrected chi connectivity index (χ0v) is 12.2. The summed E-state index contributed by atoms with van der Waals surface area (Å²) >= 11 is 0. The van der Waals surface area contributed by atoms with E-state index in [0.717, 1.165) is 25.8 Å². The van der Waals surface area contributed by atoms with Gasteiger partial charge in [0, 0.05) is 39.2 Å². The Morgan fingerprint density at radius 3 is 2.79 bits per heavy atom. The lowest BCUT2D eigenvalue weighted by atomic mass is 10.0. The molecule has 1 saturated heterocycles. The summed E-state index contributed by atoms with van der Waals surface area (Å²) in [6, 6.07) is 0.0862. The van der Waals surface area contributed by atoms with E-state index in [1.54, 1.807) is 0 Å². The van der Waals surface area contributed by atoms with Gasteiger partial charge in [-0.05, 0) is 19.3 Å². The molecule has 0 saturated carbocycles. The number of nitrogens with zero attached hydrogens (tertiary/aromatic N) is 1. The summed E-state index contributed by atoms with van der Waals surface area (Å²) in [6.45, 7) is 1.71. The predicted molar refractivity (Wildman–Crippen MR) is 75.2 cm³/mol. The van der Waals surface area contributed by atoms with Crippen LogP contribution >= 0.6 is 12.4 Å². The van der Waals surface area contributed by atoms with Crippen LogP contribution < -0.4 is 11.1 Å². The first-order valence-corrected chi connectivity index (χ1v) is 6.44. The van der Waals surface area contributed by atoms with Gasteiger partial charge in [-0.15, -0.1) is 12.4 Å². The Morgan fingerprint density at radius 1 is 1.42 bits per heavy atom. The van der Waals surface area contributed by atoms with Crippen molar-refractivity contribution in [2.75, 3.05) is 33.4 Å². The molecule has 0 aliphatic carbocycles. The van der Waals surface area contributed by atoms with Crippen molar-refractivity contribution in [1.82, 2.24) is 10.2 Å². The molecule has 0 aromatic heterocycles. The molecule has 0 aromatic rings. The number of nitrogens with two attached hydrogens (primary N) is 1. The van der Waals surface area contributed by atoms with Gasteiger partial charge in [0.15, 0.2) is 0 Å². The molecule has 1 aliphatic heterocycles. The largest absolute Gasteiger partial charge is 0.375 e. The molecule has 19 heavy (non-hydrogen) atoms. The standard InChI is InChI=1S/C12H23N3O3.ClH/c1-18-9-12(17)15-7-3-2-4-10(15)8-14-11(16)5-6-13;/h10H,2-9,13H2,1H3,(H,14,16);1H. The molecule has 0 spiro atoms. The SMILES string of the molecule is COCC(=O)N1CCCCC1CNC(=O)CCN.Cl. The second-order valence-electron chi connectivity index (χ2n) is 4.51.